The molecule has 5 rings (SSSR count). The van der Waals surface area contributed by atoms with Crippen LogP contribution in [0.4, 0.5) is 5.69 Å². The van der Waals surface area contributed by atoms with Crippen molar-refractivity contribution in [2.24, 2.45) is 0 Å². The third-order valence-electron chi connectivity index (χ3n) is 8.33. The lowest BCUT2D eigenvalue weighted by Gasteiger charge is -2.36. The van der Waals surface area contributed by atoms with Gasteiger partial charge in [0, 0.05) is 63.5 Å². The van der Waals surface area contributed by atoms with E-state index in [1.807, 2.05) is 35.2 Å². The second-order valence-corrected chi connectivity index (χ2v) is 11.4. The van der Waals surface area contributed by atoms with Crippen LogP contribution in [0.25, 0.3) is 0 Å². The van der Waals surface area contributed by atoms with E-state index < -0.39 is 0 Å². The van der Waals surface area contributed by atoms with Gasteiger partial charge in [-0.05, 0) is 80.1 Å². The van der Waals surface area contributed by atoms with Crippen LogP contribution in [0.5, 0.6) is 5.75 Å². The first kappa shape index (κ1) is 27.7. The molecule has 0 spiro atoms. The summed E-state index contributed by atoms with van der Waals surface area (Å²) in [5, 5.41) is 3.11. The topological polar surface area (TPSA) is 71.1 Å². The Morgan fingerprint density at radius 2 is 1.72 bits per heavy atom. The molecule has 0 aromatic heterocycles. The first-order valence-corrected chi connectivity index (χ1v) is 14.8. The van der Waals surface area contributed by atoms with Crippen molar-refractivity contribution < 1.29 is 19.1 Å². The van der Waals surface area contributed by atoms with E-state index in [9.17, 15) is 9.59 Å². The zero-order valence-corrected chi connectivity index (χ0v) is 23.5. The van der Waals surface area contributed by atoms with E-state index in [0.29, 0.717) is 24.7 Å². The Balaban J connectivity index is 1.38. The number of benzene rings is 2. The number of carbonyl (C=O) groups is 2. The van der Waals surface area contributed by atoms with Gasteiger partial charge in [-0.1, -0.05) is 31.4 Å². The number of nitrogens with one attached hydrogen (secondary N) is 1. The number of amides is 2. The highest BCUT2D eigenvalue weighted by molar-refractivity contribution is 5.97. The number of hydrogen-bond donors (Lipinski definition) is 1. The van der Waals surface area contributed by atoms with Crippen LogP contribution in [0.2, 0.25) is 0 Å². The molecule has 0 bridgehead atoms. The minimum atomic E-state index is -0.0963. The molecule has 7 nitrogen and oxygen atoms in total. The normalized spacial score (nSPS) is 21.2. The average molecular weight is 534 g/mol. The van der Waals surface area contributed by atoms with E-state index >= 15 is 0 Å². The van der Waals surface area contributed by atoms with E-state index in [1.165, 1.54) is 24.8 Å². The van der Waals surface area contributed by atoms with Gasteiger partial charge in [-0.25, -0.2) is 0 Å². The van der Waals surface area contributed by atoms with Crippen LogP contribution >= 0.6 is 0 Å². The maximum absolute atomic E-state index is 13.3. The molecular formula is C32H43N3O4. The summed E-state index contributed by atoms with van der Waals surface area (Å²) in [6, 6.07) is 12.5. The molecular weight excluding hydrogens is 490 g/mol. The Kier molecular flexibility index (Phi) is 9.20. The molecule has 1 unspecified atom stereocenters. The molecule has 3 heterocycles. The maximum atomic E-state index is 13.3. The van der Waals surface area contributed by atoms with Crippen LogP contribution in [0, 0.1) is 0 Å². The zero-order chi connectivity index (χ0) is 27.2. The number of nitrogens with zero attached hydrogens (tertiary/aromatic N) is 2. The lowest BCUT2D eigenvalue weighted by Crippen LogP contribution is -2.40. The fourth-order valence-corrected chi connectivity index (χ4v) is 6.21. The second kappa shape index (κ2) is 13.0. The Morgan fingerprint density at radius 3 is 2.51 bits per heavy atom. The Labute approximate surface area is 232 Å². The van der Waals surface area contributed by atoms with Crippen molar-refractivity contribution >= 4 is 17.5 Å². The predicted octanol–water partition coefficient (Wildman–Crippen LogP) is 5.24. The second-order valence-electron chi connectivity index (χ2n) is 11.4. The van der Waals surface area contributed by atoms with E-state index in [1.54, 1.807) is 6.92 Å². The Morgan fingerprint density at radius 1 is 0.949 bits per heavy atom. The third kappa shape index (κ3) is 7.00. The molecule has 3 aliphatic heterocycles. The van der Waals surface area contributed by atoms with Crippen molar-refractivity contribution in [1.82, 2.24) is 10.2 Å². The number of fused-ring (bicyclic) bond motifs is 2. The highest BCUT2D eigenvalue weighted by atomic mass is 16.5. The summed E-state index contributed by atoms with van der Waals surface area (Å²) in [5.74, 6) is 0.903. The van der Waals surface area contributed by atoms with Crippen molar-refractivity contribution in [2.75, 3.05) is 31.2 Å². The van der Waals surface area contributed by atoms with Crippen LogP contribution in [0.1, 0.15) is 85.8 Å². The molecule has 1 N–H and O–H groups in total. The van der Waals surface area contributed by atoms with Gasteiger partial charge in [0.2, 0.25) is 5.91 Å². The van der Waals surface area contributed by atoms with Gasteiger partial charge >= 0.3 is 0 Å². The van der Waals surface area contributed by atoms with Crippen LogP contribution in [0.15, 0.2) is 36.4 Å². The summed E-state index contributed by atoms with van der Waals surface area (Å²) in [6.07, 6.45) is 8.86. The molecule has 2 aromatic rings. The SMILES string of the molecule is CC(=O)N1CCCCCCCN(C2CCOCC2)Cc2cc(C(=O)NCc3ccc4c(c3)CC(C)O4)ccc21. The Bertz CT molecular complexity index is 1160. The lowest BCUT2D eigenvalue weighted by atomic mass is 10.0. The summed E-state index contributed by atoms with van der Waals surface area (Å²) >= 11 is 0. The molecule has 1 atom stereocenters. The molecule has 1 fully saturated rings. The van der Waals surface area contributed by atoms with Crippen molar-refractivity contribution in [1.29, 1.82) is 0 Å². The minimum Gasteiger partial charge on any atom is -0.490 e. The maximum Gasteiger partial charge on any atom is 0.251 e. The summed E-state index contributed by atoms with van der Waals surface area (Å²) in [7, 11) is 0. The zero-order valence-electron chi connectivity index (χ0n) is 23.5. The quantitative estimate of drug-likeness (QED) is 0.582. The number of carbonyl (C=O) groups excluding carboxylic acids is 2. The monoisotopic (exact) mass is 533 g/mol. The first-order valence-electron chi connectivity index (χ1n) is 14.8. The molecule has 0 saturated carbocycles. The van der Waals surface area contributed by atoms with E-state index in [2.05, 4.69) is 23.2 Å². The lowest BCUT2D eigenvalue weighted by molar-refractivity contribution is -0.116. The summed E-state index contributed by atoms with van der Waals surface area (Å²) < 4.78 is 11.5. The molecule has 0 aliphatic carbocycles. The van der Waals surface area contributed by atoms with Gasteiger partial charge in [0.1, 0.15) is 11.9 Å². The number of hydrogen-bond acceptors (Lipinski definition) is 5. The van der Waals surface area contributed by atoms with Gasteiger partial charge in [0.05, 0.1) is 0 Å². The van der Waals surface area contributed by atoms with Crippen molar-refractivity contribution in [3.8, 4) is 5.75 Å². The third-order valence-corrected chi connectivity index (χ3v) is 8.33. The summed E-state index contributed by atoms with van der Waals surface area (Å²) in [4.78, 5) is 30.5. The summed E-state index contributed by atoms with van der Waals surface area (Å²) in [5.41, 5.74) is 4.89. The van der Waals surface area contributed by atoms with Crippen molar-refractivity contribution in [3.05, 3.63) is 58.7 Å². The molecule has 2 amide bonds. The first-order chi connectivity index (χ1) is 19.0. The average Bonchev–Trinajstić information content (AvgIpc) is 3.31. The fourth-order valence-electron chi connectivity index (χ4n) is 6.21. The standard InChI is InChI=1S/C32H43N3O4/c1-23-18-27-19-25(8-11-31(27)39-23)21-33-32(37)26-9-10-30-28(20-26)22-34(29-12-16-38-17-13-29)14-6-4-3-5-7-15-35(30)24(2)36/h8-11,19-20,23,29H,3-7,12-18,21-22H2,1-2H3,(H,33,37). The van der Waals surface area contributed by atoms with Crippen LogP contribution < -0.4 is 15.0 Å². The molecule has 2 aromatic carbocycles. The molecule has 1 saturated heterocycles. The van der Waals surface area contributed by atoms with Gasteiger partial charge in [-0.2, -0.15) is 0 Å². The van der Waals surface area contributed by atoms with E-state index in [4.69, 9.17) is 9.47 Å². The smallest absolute Gasteiger partial charge is 0.251 e. The van der Waals surface area contributed by atoms with Crippen molar-refractivity contribution in [3.63, 3.8) is 0 Å². The summed E-state index contributed by atoms with van der Waals surface area (Å²) in [6.45, 7) is 8.25. The van der Waals surface area contributed by atoms with Crippen molar-refractivity contribution in [2.45, 2.75) is 90.4 Å². The van der Waals surface area contributed by atoms with Crippen LogP contribution in [-0.4, -0.2) is 55.2 Å². The Hall–Kier alpha value is -2.90. The molecule has 39 heavy (non-hydrogen) atoms. The number of ether oxygens (including phenoxy) is 2. The van der Waals surface area contributed by atoms with E-state index in [-0.39, 0.29) is 17.9 Å². The van der Waals surface area contributed by atoms with Crippen LogP contribution in [0.3, 0.4) is 0 Å². The largest absolute Gasteiger partial charge is 0.490 e. The highest BCUT2D eigenvalue weighted by Gasteiger charge is 2.25. The van der Waals surface area contributed by atoms with Gasteiger partial charge in [-0.3, -0.25) is 14.5 Å². The highest BCUT2D eigenvalue weighted by Crippen LogP contribution is 2.30. The van der Waals surface area contributed by atoms with Gasteiger partial charge in [0.15, 0.2) is 0 Å². The number of rotatable bonds is 4. The molecule has 210 valence electrons. The fraction of sp³-hybridized carbons (Fsp3) is 0.562. The van der Waals surface area contributed by atoms with Crippen LogP contribution in [-0.2, 0) is 29.0 Å². The molecule has 3 aliphatic rings. The van der Waals surface area contributed by atoms with Gasteiger partial charge in [0.25, 0.3) is 5.91 Å². The van der Waals surface area contributed by atoms with E-state index in [0.717, 1.165) is 81.0 Å². The minimum absolute atomic E-state index is 0.0537. The van der Waals surface area contributed by atoms with Gasteiger partial charge < -0.3 is 19.7 Å². The number of anilines is 1. The molecule has 7 heteroatoms. The van der Waals surface area contributed by atoms with Gasteiger partial charge in [-0.15, -0.1) is 0 Å². The predicted molar refractivity (Wildman–Crippen MR) is 153 cm³/mol. The molecule has 0 radical (unpaired) electrons.